The Morgan fingerprint density at radius 2 is 2.17 bits per heavy atom. The number of rotatable bonds is 0. The van der Waals surface area contributed by atoms with Gasteiger partial charge < -0.3 is 4.42 Å². The van der Waals surface area contributed by atoms with Crippen LogP contribution in [0, 0.1) is 6.92 Å². The highest BCUT2D eigenvalue weighted by Crippen LogP contribution is 2.21. The highest BCUT2D eigenvalue weighted by molar-refractivity contribution is 14.0. The molecule has 0 aliphatic carbocycles. The van der Waals surface area contributed by atoms with Gasteiger partial charge in [-0.1, -0.05) is 6.07 Å². The summed E-state index contributed by atoms with van der Waals surface area (Å²) in [4.78, 5) is 5.03. The SMILES string of the molecule is Cc1nc2c(S)cccc2o1.I. The molecule has 0 atom stereocenters. The van der Waals surface area contributed by atoms with E-state index >= 15 is 0 Å². The van der Waals surface area contributed by atoms with E-state index in [0.29, 0.717) is 5.89 Å². The van der Waals surface area contributed by atoms with Crippen molar-refractivity contribution in [2.45, 2.75) is 11.8 Å². The van der Waals surface area contributed by atoms with Crippen LogP contribution >= 0.6 is 36.6 Å². The lowest BCUT2D eigenvalue weighted by Crippen LogP contribution is -1.70. The van der Waals surface area contributed by atoms with Crippen LogP contribution in [0.15, 0.2) is 27.5 Å². The van der Waals surface area contributed by atoms with Gasteiger partial charge in [0, 0.05) is 11.8 Å². The number of hydrogen-bond acceptors (Lipinski definition) is 3. The van der Waals surface area contributed by atoms with Crippen LogP contribution in [0.1, 0.15) is 5.89 Å². The number of thiol groups is 1. The summed E-state index contributed by atoms with van der Waals surface area (Å²) in [5.74, 6) is 0.682. The molecule has 0 amide bonds. The van der Waals surface area contributed by atoms with E-state index in [1.807, 2.05) is 25.1 Å². The Morgan fingerprint density at radius 3 is 2.83 bits per heavy atom. The fraction of sp³-hybridized carbons (Fsp3) is 0.125. The second-order valence-corrected chi connectivity index (χ2v) is 2.84. The number of aryl methyl sites for hydroxylation is 1. The number of fused-ring (bicyclic) bond motifs is 1. The molecule has 0 saturated heterocycles. The number of oxazole rings is 1. The molecule has 2 rings (SSSR count). The van der Waals surface area contributed by atoms with Crippen LogP contribution in [0.4, 0.5) is 0 Å². The van der Waals surface area contributed by atoms with Crippen LogP contribution in [0.25, 0.3) is 11.1 Å². The minimum absolute atomic E-state index is 0. The zero-order valence-corrected chi connectivity index (χ0v) is 9.67. The van der Waals surface area contributed by atoms with Crippen LogP contribution in [-0.2, 0) is 0 Å². The normalized spacial score (nSPS) is 9.83. The molecule has 0 aliphatic heterocycles. The molecule has 64 valence electrons. The largest absolute Gasteiger partial charge is 0.441 e. The summed E-state index contributed by atoms with van der Waals surface area (Å²) in [6, 6.07) is 5.68. The maximum absolute atomic E-state index is 5.29. The third kappa shape index (κ3) is 1.59. The topological polar surface area (TPSA) is 26.0 Å². The van der Waals surface area contributed by atoms with E-state index in [0.717, 1.165) is 16.0 Å². The van der Waals surface area contributed by atoms with Crippen molar-refractivity contribution >= 4 is 47.7 Å². The molecule has 0 radical (unpaired) electrons. The van der Waals surface area contributed by atoms with E-state index in [2.05, 4.69) is 17.6 Å². The van der Waals surface area contributed by atoms with Gasteiger partial charge in [0.05, 0.1) is 0 Å². The van der Waals surface area contributed by atoms with Gasteiger partial charge in [0.25, 0.3) is 0 Å². The van der Waals surface area contributed by atoms with Crippen molar-refractivity contribution in [3.63, 3.8) is 0 Å². The first-order chi connectivity index (χ1) is 5.27. The van der Waals surface area contributed by atoms with Gasteiger partial charge in [0.2, 0.25) is 0 Å². The van der Waals surface area contributed by atoms with Crippen LogP contribution in [-0.4, -0.2) is 4.98 Å². The predicted molar refractivity (Wildman–Crippen MR) is 61.4 cm³/mol. The van der Waals surface area contributed by atoms with E-state index in [1.165, 1.54) is 0 Å². The van der Waals surface area contributed by atoms with Crippen molar-refractivity contribution < 1.29 is 4.42 Å². The highest BCUT2D eigenvalue weighted by Gasteiger charge is 2.02. The Morgan fingerprint density at radius 1 is 1.42 bits per heavy atom. The lowest BCUT2D eigenvalue weighted by Gasteiger charge is -1.87. The standard InChI is InChI=1S/C8H7NOS.HI/c1-5-9-8-6(10-5)3-2-4-7(8)11;/h2-4,11H,1H3;1H. The average molecular weight is 293 g/mol. The van der Waals surface area contributed by atoms with Gasteiger partial charge in [-0.15, -0.1) is 36.6 Å². The van der Waals surface area contributed by atoms with Gasteiger partial charge in [0.15, 0.2) is 11.5 Å². The smallest absolute Gasteiger partial charge is 0.192 e. The van der Waals surface area contributed by atoms with E-state index in [-0.39, 0.29) is 24.0 Å². The Balaban J connectivity index is 0.000000720. The fourth-order valence-corrected chi connectivity index (χ4v) is 1.29. The molecule has 1 aromatic carbocycles. The first-order valence-electron chi connectivity index (χ1n) is 3.32. The lowest BCUT2D eigenvalue weighted by atomic mass is 10.3. The molecule has 2 nitrogen and oxygen atoms in total. The van der Waals surface area contributed by atoms with E-state index in [4.69, 9.17) is 4.42 Å². The molecular formula is C8H8INOS. The molecule has 0 N–H and O–H groups in total. The summed E-state index contributed by atoms with van der Waals surface area (Å²) in [6.07, 6.45) is 0. The zero-order chi connectivity index (χ0) is 7.84. The van der Waals surface area contributed by atoms with Crippen LogP contribution in [0.3, 0.4) is 0 Å². The van der Waals surface area contributed by atoms with Crippen LogP contribution < -0.4 is 0 Å². The molecule has 0 fully saturated rings. The number of benzene rings is 1. The van der Waals surface area contributed by atoms with Gasteiger partial charge in [-0.3, -0.25) is 0 Å². The minimum atomic E-state index is 0. The molecule has 0 spiro atoms. The van der Waals surface area contributed by atoms with Crippen molar-refractivity contribution in [2.24, 2.45) is 0 Å². The molecule has 0 unspecified atom stereocenters. The summed E-state index contributed by atoms with van der Waals surface area (Å²) in [7, 11) is 0. The number of halogens is 1. The maximum Gasteiger partial charge on any atom is 0.192 e. The second kappa shape index (κ2) is 3.66. The highest BCUT2D eigenvalue weighted by atomic mass is 127. The minimum Gasteiger partial charge on any atom is -0.441 e. The van der Waals surface area contributed by atoms with Crippen molar-refractivity contribution in [1.29, 1.82) is 0 Å². The van der Waals surface area contributed by atoms with Gasteiger partial charge in [-0.2, -0.15) is 0 Å². The molecule has 0 aliphatic rings. The molecule has 0 saturated carbocycles. The van der Waals surface area contributed by atoms with Gasteiger partial charge in [0.1, 0.15) is 5.52 Å². The molecule has 1 heterocycles. The monoisotopic (exact) mass is 293 g/mol. The average Bonchev–Trinajstić information content (AvgIpc) is 2.31. The van der Waals surface area contributed by atoms with E-state index < -0.39 is 0 Å². The number of nitrogens with zero attached hydrogens (tertiary/aromatic N) is 1. The fourth-order valence-electron chi connectivity index (χ4n) is 1.04. The van der Waals surface area contributed by atoms with Crippen molar-refractivity contribution in [1.82, 2.24) is 4.98 Å². The zero-order valence-electron chi connectivity index (χ0n) is 6.44. The molecule has 12 heavy (non-hydrogen) atoms. The quantitative estimate of drug-likeness (QED) is 0.597. The lowest BCUT2D eigenvalue weighted by molar-refractivity contribution is 0.561. The third-order valence-corrected chi connectivity index (χ3v) is 1.87. The number of aromatic nitrogens is 1. The van der Waals surface area contributed by atoms with Crippen LogP contribution in [0.5, 0.6) is 0 Å². The second-order valence-electron chi connectivity index (χ2n) is 2.36. The Bertz CT molecular complexity index is 399. The first kappa shape index (κ1) is 9.85. The molecule has 1 aromatic heterocycles. The van der Waals surface area contributed by atoms with Crippen molar-refractivity contribution in [2.75, 3.05) is 0 Å². The first-order valence-corrected chi connectivity index (χ1v) is 3.77. The van der Waals surface area contributed by atoms with Gasteiger partial charge in [-0.05, 0) is 12.1 Å². The summed E-state index contributed by atoms with van der Waals surface area (Å²) >= 11 is 4.24. The molecule has 4 heteroatoms. The summed E-state index contributed by atoms with van der Waals surface area (Å²) in [5.41, 5.74) is 1.64. The van der Waals surface area contributed by atoms with Crippen molar-refractivity contribution in [3.05, 3.63) is 24.1 Å². The Kier molecular flexibility index (Phi) is 3.00. The van der Waals surface area contributed by atoms with Crippen LogP contribution in [0.2, 0.25) is 0 Å². The van der Waals surface area contributed by atoms with E-state index in [1.54, 1.807) is 0 Å². The maximum atomic E-state index is 5.29. The summed E-state index contributed by atoms with van der Waals surface area (Å²) in [5, 5.41) is 0. The van der Waals surface area contributed by atoms with Crippen molar-refractivity contribution in [3.8, 4) is 0 Å². The molecule has 0 bridgehead atoms. The van der Waals surface area contributed by atoms with Gasteiger partial charge >= 0.3 is 0 Å². The predicted octanol–water partition coefficient (Wildman–Crippen LogP) is 3.04. The summed E-state index contributed by atoms with van der Waals surface area (Å²) in [6.45, 7) is 1.83. The van der Waals surface area contributed by atoms with E-state index in [9.17, 15) is 0 Å². The molecule has 2 aromatic rings. The van der Waals surface area contributed by atoms with Gasteiger partial charge in [-0.25, -0.2) is 4.98 Å². The Hall–Kier alpha value is -0.230. The summed E-state index contributed by atoms with van der Waals surface area (Å²) < 4.78 is 5.29. The third-order valence-electron chi connectivity index (χ3n) is 1.50. The number of para-hydroxylation sites is 1. The molecular weight excluding hydrogens is 285 g/mol. The Labute approximate surface area is 92.8 Å². The number of hydrogen-bond donors (Lipinski definition) is 1.